The zero-order chi connectivity index (χ0) is 14.5. The summed E-state index contributed by atoms with van der Waals surface area (Å²) in [5.74, 6) is 0.253. The Morgan fingerprint density at radius 3 is 2.37 bits per heavy atom. The van der Waals surface area contributed by atoms with Crippen LogP contribution in [-0.2, 0) is 4.79 Å². The predicted molar refractivity (Wildman–Crippen MR) is 80.2 cm³/mol. The molecule has 0 spiro atoms. The lowest BCUT2D eigenvalue weighted by Gasteiger charge is -2.37. The summed E-state index contributed by atoms with van der Waals surface area (Å²) in [7, 11) is 4.15. The number of hydrogen-bond acceptors (Lipinski definition) is 3. The number of carbonyl (C=O) groups is 1. The van der Waals surface area contributed by atoms with Gasteiger partial charge in [-0.25, -0.2) is 0 Å². The Morgan fingerprint density at radius 1 is 1.32 bits per heavy atom. The van der Waals surface area contributed by atoms with Crippen LogP contribution in [0.15, 0.2) is 0 Å². The normalized spacial score (nSPS) is 19.5. The van der Waals surface area contributed by atoms with Crippen molar-refractivity contribution in [2.75, 3.05) is 40.3 Å². The summed E-state index contributed by atoms with van der Waals surface area (Å²) >= 11 is 0. The Bertz CT molecular complexity index is 294. The molecule has 1 amide bonds. The predicted octanol–water partition coefficient (Wildman–Crippen LogP) is 1.47. The van der Waals surface area contributed by atoms with Gasteiger partial charge in [-0.2, -0.15) is 0 Å². The number of hydrogen-bond donors (Lipinski definition) is 2. The number of amides is 1. The molecule has 0 aliphatic carbocycles. The number of carbonyl (C=O) groups excluding carboxylic acids is 1. The molecule has 0 bridgehead atoms. The highest BCUT2D eigenvalue weighted by Crippen LogP contribution is 2.32. The van der Waals surface area contributed by atoms with Gasteiger partial charge in [-0.1, -0.05) is 20.8 Å². The lowest BCUT2D eigenvalue weighted by molar-refractivity contribution is -0.133. The number of nitrogens with one attached hydrogen (secondary N) is 2. The molecule has 0 unspecified atom stereocenters. The quantitative estimate of drug-likeness (QED) is 0.767. The van der Waals surface area contributed by atoms with E-state index < -0.39 is 0 Å². The van der Waals surface area contributed by atoms with Crippen LogP contribution in [0.4, 0.5) is 0 Å². The van der Waals surface area contributed by atoms with E-state index in [2.05, 4.69) is 50.4 Å². The maximum Gasteiger partial charge on any atom is 0.226 e. The average Bonchev–Trinajstić information content (AvgIpc) is 2.35. The molecule has 0 atom stereocenters. The summed E-state index contributed by atoms with van der Waals surface area (Å²) in [6.45, 7) is 10.2. The summed E-state index contributed by atoms with van der Waals surface area (Å²) < 4.78 is 0. The van der Waals surface area contributed by atoms with Crippen molar-refractivity contribution in [1.29, 1.82) is 0 Å². The van der Waals surface area contributed by atoms with E-state index in [0.717, 1.165) is 45.4 Å². The standard InChI is InChI=1S/C15H31N3O/c1-6-15(7-9-16-10-8-15)13(19)17-11-14(2,3)12-18(4)5/h16H,6-12H2,1-5H3,(H,17,19). The molecule has 1 aliphatic rings. The van der Waals surface area contributed by atoms with E-state index in [-0.39, 0.29) is 16.7 Å². The fourth-order valence-electron chi connectivity index (χ4n) is 3.07. The van der Waals surface area contributed by atoms with Gasteiger partial charge >= 0.3 is 0 Å². The van der Waals surface area contributed by atoms with Crippen molar-refractivity contribution in [1.82, 2.24) is 15.5 Å². The molecule has 1 saturated heterocycles. The van der Waals surface area contributed by atoms with E-state index in [9.17, 15) is 4.79 Å². The second kappa shape index (κ2) is 6.71. The largest absolute Gasteiger partial charge is 0.355 e. The fourth-order valence-corrected chi connectivity index (χ4v) is 3.07. The fraction of sp³-hybridized carbons (Fsp3) is 0.933. The summed E-state index contributed by atoms with van der Waals surface area (Å²) in [5, 5.41) is 6.54. The van der Waals surface area contributed by atoms with Crippen molar-refractivity contribution in [2.24, 2.45) is 10.8 Å². The first-order valence-electron chi connectivity index (χ1n) is 7.45. The van der Waals surface area contributed by atoms with E-state index >= 15 is 0 Å². The molecule has 2 N–H and O–H groups in total. The van der Waals surface area contributed by atoms with Crippen molar-refractivity contribution < 1.29 is 4.79 Å². The van der Waals surface area contributed by atoms with Crippen molar-refractivity contribution in [2.45, 2.75) is 40.0 Å². The molecule has 1 heterocycles. The van der Waals surface area contributed by atoms with Crippen LogP contribution >= 0.6 is 0 Å². The summed E-state index contributed by atoms with van der Waals surface area (Å²) in [5.41, 5.74) is -0.0273. The maximum absolute atomic E-state index is 12.5. The first-order valence-corrected chi connectivity index (χ1v) is 7.45. The number of nitrogens with zero attached hydrogens (tertiary/aromatic N) is 1. The van der Waals surface area contributed by atoms with Gasteiger partial charge in [-0.15, -0.1) is 0 Å². The molecule has 0 aromatic rings. The molecule has 112 valence electrons. The molecule has 0 radical (unpaired) electrons. The molecule has 0 aromatic carbocycles. The molecule has 1 fully saturated rings. The average molecular weight is 269 g/mol. The minimum atomic E-state index is -0.139. The highest BCUT2D eigenvalue weighted by Gasteiger charge is 2.38. The van der Waals surface area contributed by atoms with Gasteiger partial charge in [0.05, 0.1) is 5.41 Å². The van der Waals surface area contributed by atoms with Crippen LogP contribution in [0.2, 0.25) is 0 Å². The summed E-state index contributed by atoms with van der Waals surface area (Å²) in [6.07, 6.45) is 2.86. The van der Waals surface area contributed by atoms with Gasteiger partial charge in [-0.05, 0) is 51.9 Å². The van der Waals surface area contributed by atoms with Crippen LogP contribution in [0.1, 0.15) is 40.0 Å². The van der Waals surface area contributed by atoms with Crippen LogP contribution in [0, 0.1) is 10.8 Å². The minimum absolute atomic E-state index is 0.112. The van der Waals surface area contributed by atoms with Crippen molar-refractivity contribution in [3.8, 4) is 0 Å². The second-order valence-corrected chi connectivity index (χ2v) is 6.97. The van der Waals surface area contributed by atoms with Crippen LogP contribution in [0.5, 0.6) is 0 Å². The Hall–Kier alpha value is -0.610. The van der Waals surface area contributed by atoms with Crippen LogP contribution in [-0.4, -0.2) is 51.1 Å². The minimum Gasteiger partial charge on any atom is -0.355 e. The molecule has 4 heteroatoms. The van der Waals surface area contributed by atoms with Gasteiger partial charge in [0.15, 0.2) is 0 Å². The molecule has 0 aromatic heterocycles. The third-order valence-corrected chi connectivity index (χ3v) is 4.19. The van der Waals surface area contributed by atoms with Gasteiger partial charge in [0.2, 0.25) is 5.91 Å². The van der Waals surface area contributed by atoms with Gasteiger partial charge < -0.3 is 15.5 Å². The molecule has 0 saturated carbocycles. The van der Waals surface area contributed by atoms with Crippen LogP contribution in [0.25, 0.3) is 0 Å². The van der Waals surface area contributed by atoms with Crippen molar-refractivity contribution >= 4 is 5.91 Å². The Labute approximate surface area is 118 Å². The van der Waals surface area contributed by atoms with E-state index in [0.29, 0.717) is 0 Å². The first kappa shape index (κ1) is 16.4. The molecule has 1 aliphatic heterocycles. The SMILES string of the molecule is CCC1(C(=O)NCC(C)(C)CN(C)C)CCNCC1. The van der Waals surface area contributed by atoms with E-state index in [4.69, 9.17) is 0 Å². The zero-order valence-corrected chi connectivity index (χ0v) is 13.3. The maximum atomic E-state index is 12.5. The monoisotopic (exact) mass is 269 g/mol. The topological polar surface area (TPSA) is 44.4 Å². The molecule has 19 heavy (non-hydrogen) atoms. The Balaban J connectivity index is 2.53. The molecular formula is C15H31N3O. The lowest BCUT2D eigenvalue weighted by Crippen LogP contribution is -2.50. The smallest absolute Gasteiger partial charge is 0.226 e. The number of piperidine rings is 1. The molecular weight excluding hydrogens is 238 g/mol. The third kappa shape index (κ3) is 4.77. The van der Waals surface area contributed by atoms with Gasteiger partial charge in [-0.3, -0.25) is 4.79 Å². The van der Waals surface area contributed by atoms with Gasteiger partial charge in [0, 0.05) is 13.1 Å². The molecule has 4 nitrogen and oxygen atoms in total. The van der Waals surface area contributed by atoms with Crippen molar-refractivity contribution in [3.05, 3.63) is 0 Å². The second-order valence-electron chi connectivity index (χ2n) is 6.97. The Morgan fingerprint density at radius 2 is 1.89 bits per heavy atom. The highest BCUT2D eigenvalue weighted by molar-refractivity contribution is 5.82. The van der Waals surface area contributed by atoms with Crippen LogP contribution < -0.4 is 10.6 Å². The van der Waals surface area contributed by atoms with E-state index in [1.165, 1.54) is 0 Å². The first-order chi connectivity index (χ1) is 8.81. The van der Waals surface area contributed by atoms with E-state index in [1.54, 1.807) is 0 Å². The summed E-state index contributed by atoms with van der Waals surface area (Å²) in [4.78, 5) is 14.7. The number of rotatable bonds is 6. The van der Waals surface area contributed by atoms with Gasteiger partial charge in [0.1, 0.15) is 0 Å². The van der Waals surface area contributed by atoms with Crippen LogP contribution in [0.3, 0.4) is 0 Å². The molecule has 1 rings (SSSR count). The van der Waals surface area contributed by atoms with E-state index in [1.807, 2.05) is 0 Å². The summed E-state index contributed by atoms with van der Waals surface area (Å²) in [6, 6.07) is 0. The highest BCUT2D eigenvalue weighted by atomic mass is 16.2. The Kier molecular flexibility index (Phi) is 5.81. The zero-order valence-electron chi connectivity index (χ0n) is 13.3. The van der Waals surface area contributed by atoms with Crippen molar-refractivity contribution in [3.63, 3.8) is 0 Å². The lowest BCUT2D eigenvalue weighted by atomic mass is 9.75. The third-order valence-electron chi connectivity index (χ3n) is 4.19. The van der Waals surface area contributed by atoms with Gasteiger partial charge in [0.25, 0.3) is 0 Å².